The van der Waals surface area contributed by atoms with Crippen molar-refractivity contribution in [1.82, 2.24) is 0 Å². The summed E-state index contributed by atoms with van der Waals surface area (Å²) in [6.45, 7) is 9.04. The number of carbonyl (C=O) groups is 3. The molecule has 0 aliphatic heterocycles. The molecule has 0 spiro atoms. The zero-order valence-corrected chi connectivity index (χ0v) is 40.9. The minimum atomic E-state index is -0.760. The number of hydrogen-bond donors (Lipinski definition) is 0. The Balaban J connectivity index is 4.30. The quantitative estimate of drug-likeness (QED) is 0.0345. The van der Waals surface area contributed by atoms with Crippen molar-refractivity contribution in [3.63, 3.8) is 0 Å². The number of hydrogen-bond acceptors (Lipinski definition) is 6. The standard InChI is InChI=1S/C54H104O6/c1-5-7-9-11-13-15-17-19-22-26-30-34-38-42-46-53(56)59-49-51(48-58-52(55)45-41-37-33-29-25-18-16-14-12-10-8-6-2)60-54(57)47-43-39-35-31-27-23-20-21-24-28-32-36-40-44-50(3)4/h50-51H,5-49H2,1-4H3/t51-/m0/s1. The van der Waals surface area contributed by atoms with Gasteiger partial charge < -0.3 is 14.2 Å². The number of esters is 3. The molecule has 0 amide bonds. The molecule has 0 unspecified atom stereocenters. The van der Waals surface area contributed by atoms with E-state index in [0.717, 1.165) is 63.7 Å². The van der Waals surface area contributed by atoms with E-state index in [0.29, 0.717) is 19.3 Å². The second-order valence-corrected chi connectivity index (χ2v) is 19.0. The third-order valence-corrected chi connectivity index (χ3v) is 12.3. The summed E-state index contributed by atoms with van der Waals surface area (Å²) in [5.41, 5.74) is 0. The lowest BCUT2D eigenvalue weighted by atomic mass is 10.0. The maximum atomic E-state index is 12.8. The molecule has 0 aromatic heterocycles. The van der Waals surface area contributed by atoms with Gasteiger partial charge in [0, 0.05) is 19.3 Å². The molecule has 0 heterocycles. The molecule has 0 aliphatic rings. The molecule has 0 saturated heterocycles. The first-order valence-electron chi connectivity index (χ1n) is 26.9. The highest BCUT2D eigenvalue weighted by atomic mass is 16.6. The molecular formula is C54H104O6. The van der Waals surface area contributed by atoms with Gasteiger partial charge in [0.2, 0.25) is 0 Å². The predicted molar refractivity (Wildman–Crippen MR) is 257 cm³/mol. The Morgan fingerprint density at radius 2 is 0.550 bits per heavy atom. The van der Waals surface area contributed by atoms with Gasteiger partial charge in [0.15, 0.2) is 6.10 Å². The van der Waals surface area contributed by atoms with Crippen molar-refractivity contribution < 1.29 is 28.6 Å². The molecule has 0 aromatic carbocycles. The molecule has 1 atom stereocenters. The third kappa shape index (κ3) is 47.5. The fourth-order valence-electron chi connectivity index (χ4n) is 8.22. The molecule has 0 bridgehead atoms. The van der Waals surface area contributed by atoms with E-state index in [1.54, 1.807) is 0 Å². The fourth-order valence-corrected chi connectivity index (χ4v) is 8.22. The summed E-state index contributed by atoms with van der Waals surface area (Å²) in [6, 6.07) is 0. The second-order valence-electron chi connectivity index (χ2n) is 19.0. The molecule has 0 aromatic rings. The third-order valence-electron chi connectivity index (χ3n) is 12.3. The monoisotopic (exact) mass is 849 g/mol. The lowest BCUT2D eigenvalue weighted by Gasteiger charge is -2.18. The number of rotatable bonds is 49. The molecule has 60 heavy (non-hydrogen) atoms. The van der Waals surface area contributed by atoms with Crippen LogP contribution in [0.3, 0.4) is 0 Å². The molecular weight excluding hydrogens is 745 g/mol. The van der Waals surface area contributed by atoms with Crippen molar-refractivity contribution >= 4 is 17.9 Å². The van der Waals surface area contributed by atoms with Crippen LogP contribution in [0.5, 0.6) is 0 Å². The highest BCUT2D eigenvalue weighted by Crippen LogP contribution is 2.17. The van der Waals surface area contributed by atoms with Crippen LogP contribution in [0.2, 0.25) is 0 Å². The lowest BCUT2D eigenvalue weighted by molar-refractivity contribution is -0.167. The van der Waals surface area contributed by atoms with Crippen molar-refractivity contribution in [3.8, 4) is 0 Å². The summed E-state index contributed by atoms with van der Waals surface area (Å²) in [5, 5.41) is 0. The van der Waals surface area contributed by atoms with Crippen molar-refractivity contribution in [1.29, 1.82) is 0 Å². The van der Waals surface area contributed by atoms with Crippen LogP contribution in [-0.4, -0.2) is 37.2 Å². The van der Waals surface area contributed by atoms with Gasteiger partial charge in [0.25, 0.3) is 0 Å². The van der Waals surface area contributed by atoms with E-state index < -0.39 is 6.10 Å². The first-order valence-corrected chi connectivity index (χ1v) is 26.9. The largest absolute Gasteiger partial charge is 0.462 e. The molecule has 6 nitrogen and oxygen atoms in total. The van der Waals surface area contributed by atoms with Crippen LogP contribution in [-0.2, 0) is 28.6 Å². The molecule has 356 valence electrons. The van der Waals surface area contributed by atoms with Crippen LogP contribution in [0.4, 0.5) is 0 Å². The van der Waals surface area contributed by atoms with Gasteiger partial charge in [-0.2, -0.15) is 0 Å². The molecule has 0 saturated carbocycles. The van der Waals surface area contributed by atoms with Crippen molar-refractivity contribution in [3.05, 3.63) is 0 Å². The van der Waals surface area contributed by atoms with E-state index in [9.17, 15) is 14.4 Å². The van der Waals surface area contributed by atoms with Gasteiger partial charge >= 0.3 is 17.9 Å². The van der Waals surface area contributed by atoms with Gasteiger partial charge in [-0.25, -0.2) is 0 Å². The van der Waals surface area contributed by atoms with Crippen molar-refractivity contribution in [2.45, 2.75) is 310 Å². The minimum Gasteiger partial charge on any atom is -0.462 e. The fraction of sp³-hybridized carbons (Fsp3) is 0.944. The number of carbonyl (C=O) groups excluding carboxylic acids is 3. The van der Waals surface area contributed by atoms with Crippen LogP contribution in [0.15, 0.2) is 0 Å². The number of unbranched alkanes of at least 4 members (excludes halogenated alkanes) is 36. The molecule has 0 fully saturated rings. The summed E-state index contributed by atoms with van der Waals surface area (Å²) >= 11 is 0. The van der Waals surface area contributed by atoms with E-state index in [-0.39, 0.29) is 31.1 Å². The van der Waals surface area contributed by atoms with Crippen LogP contribution in [0.25, 0.3) is 0 Å². The van der Waals surface area contributed by atoms with Gasteiger partial charge in [-0.15, -0.1) is 0 Å². The molecule has 0 aliphatic carbocycles. The Kier molecular flexibility index (Phi) is 47.2. The zero-order valence-electron chi connectivity index (χ0n) is 40.9. The average Bonchev–Trinajstić information content (AvgIpc) is 3.23. The van der Waals surface area contributed by atoms with E-state index >= 15 is 0 Å². The van der Waals surface area contributed by atoms with Gasteiger partial charge in [-0.1, -0.05) is 265 Å². The summed E-state index contributed by atoms with van der Waals surface area (Å²) in [5.74, 6) is -0.00255. The summed E-state index contributed by atoms with van der Waals surface area (Å²) < 4.78 is 16.8. The lowest BCUT2D eigenvalue weighted by Crippen LogP contribution is -2.30. The summed E-state index contributed by atoms with van der Waals surface area (Å²) in [4.78, 5) is 38.0. The van der Waals surface area contributed by atoms with E-state index in [4.69, 9.17) is 14.2 Å². The Labute approximate surface area is 374 Å². The maximum absolute atomic E-state index is 12.8. The second kappa shape index (κ2) is 48.4. The smallest absolute Gasteiger partial charge is 0.306 e. The topological polar surface area (TPSA) is 78.9 Å². The highest BCUT2D eigenvalue weighted by Gasteiger charge is 2.19. The van der Waals surface area contributed by atoms with Gasteiger partial charge in [-0.3, -0.25) is 14.4 Å². The first-order chi connectivity index (χ1) is 29.4. The van der Waals surface area contributed by atoms with Crippen LogP contribution in [0.1, 0.15) is 304 Å². The molecule has 0 rings (SSSR count). The Morgan fingerprint density at radius 3 is 0.817 bits per heavy atom. The van der Waals surface area contributed by atoms with E-state index in [1.165, 1.54) is 199 Å². The predicted octanol–water partition coefficient (Wildman–Crippen LogP) is 17.5. The summed E-state index contributed by atoms with van der Waals surface area (Å²) in [6.07, 6.45) is 50.8. The Bertz CT molecular complexity index is 903. The van der Waals surface area contributed by atoms with Crippen LogP contribution >= 0.6 is 0 Å². The molecule has 0 N–H and O–H groups in total. The van der Waals surface area contributed by atoms with E-state index in [1.807, 2.05) is 0 Å². The molecule has 6 heteroatoms. The Morgan fingerprint density at radius 1 is 0.317 bits per heavy atom. The minimum absolute atomic E-state index is 0.0623. The number of ether oxygens (including phenoxy) is 3. The van der Waals surface area contributed by atoms with E-state index in [2.05, 4.69) is 27.7 Å². The average molecular weight is 849 g/mol. The molecule has 0 radical (unpaired) electrons. The Hall–Kier alpha value is -1.59. The maximum Gasteiger partial charge on any atom is 0.306 e. The van der Waals surface area contributed by atoms with Gasteiger partial charge in [-0.05, 0) is 25.2 Å². The summed E-state index contributed by atoms with van der Waals surface area (Å²) in [7, 11) is 0. The SMILES string of the molecule is CCCCCCCCCCCCCCCCC(=O)OC[C@H](COC(=O)CCCCCCCCCCCCCC)OC(=O)CCCCCCCCCCCCCCCC(C)C. The van der Waals surface area contributed by atoms with Gasteiger partial charge in [0.1, 0.15) is 13.2 Å². The normalized spacial score (nSPS) is 11.9. The van der Waals surface area contributed by atoms with Crippen molar-refractivity contribution in [2.24, 2.45) is 5.92 Å². The van der Waals surface area contributed by atoms with Crippen LogP contribution < -0.4 is 0 Å². The highest BCUT2D eigenvalue weighted by molar-refractivity contribution is 5.71. The van der Waals surface area contributed by atoms with Crippen LogP contribution in [0, 0.1) is 5.92 Å². The first kappa shape index (κ1) is 58.4. The zero-order chi connectivity index (χ0) is 43.8. The van der Waals surface area contributed by atoms with Gasteiger partial charge in [0.05, 0.1) is 0 Å². The van der Waals surface area contributed by atoms with Crippen molar-refractivity contribution in [2.75, 3.05) is 13.2 Å².